The number of alkyl carbamates (subject to hydrolysis) is 1. The van der Waals surface area contributed by atoms with E-state index in [-0.39, 0.29) is 5.75 Å². The highest BCUT2D eigenvalue weighted by Crippen LogP contribution is 2.39. The molecule has 4 nitrogen and oxygen atoms in total. The van der Waals surface area contributed by atoms with Crippen LogP contribution in [-0.4, -0.2) is 25.7 Å². The molecule has 116 valence electrons. The number of carbonyl (C=O) groups excluding carboxylic acids is 1. The van der Waals surface area contributed by atoms with E-state index < -0.39 is 42.0 Å². The average Bonchev–Trinajstić information content (AvgIpc) is 2.40. The predicted octanol–water partition coefficient (Wildman–Crippen LogP) is 3.13. The molecule has 1 saturated heterocycles. The van der Waals surface area contributed by atoms with Gasteiger partial charge in [-0.3, -0.25) is 0 Å². The third-order valence-electron chi connectivity index (χ3n) is 2.91. The summed E-state index contributed by atoms with van der Waals surface area (Å²) in [6.45, 7) is -1.21. The molecule has 1 aromatic carbocycles. The zero-order valence-electron chi connectivity index (χ0n) is 10.6. The Morgan fingerprint density at radius 1 is 1.33 bits per heavy atom. The number of rotatable bonds is 2. The lowest BCUT2D eigenvalue weighted by Crippen LogP contribution is -2.49. The summed E-state index contributed by atoms with van der Waals surface area (Å²) in [7, 11) is 1.11. The summed E-state index contributed by atoms with van der Waals surface area (Å²) in [6, 6.07) is 0.324. The summed E-state index contributed by atoms with van der Waals surface area (Å²) in [4.78, 5) is 11.1. The van der Waals surface area contributed by atoms with Crippen molar-refractivity contribution in [1.82, 2.24) is 5.32 Å². The molecule has 0 aromatic heterocycles. The van der Waals surface area contributed by atoms with Gasteiger partial charge in [0.1, 0.15) is 11.8 Å². The maximum absolute atomic E-state index is 13.7. The van der Waals surface area contributed by atoms with Crippen LogP contribution in [0.1, 0.15) is 17.2 Å². The number of cyclic esters (lactones) is 1. The first-order valence-electron chi connectivity index (χ1n) is 5.71. The Labute approximate surface area is 115 Å². The van der Waals surface area contributed by atoms with E-state index >= 15 is 0 Å². The largest absolute Gasteiger partial charge is 0.497 e. The van der Waals surface area contributed by atoms with Crippen molar-refractivity contribution in [3.63, 3.8) is 0 Å². The van der Waals surface area contributed by atoms with E-state index in [4.69, 9.17) is 0 Å². The Morgan fingerprint density at radius 2 is 2.00 bits per heavy atom. The number of hydrogen-bond donors (Lipinski definition) is 1. The van der Waals surface area contributed by atoms with Gasteiger partial charge >= 0.3 is 18.2 Å². The molecule has 1 N–H and O–H groups in total. The molecule has 1 atom stereocenters. The van der Waals surface area contributed by atoms with Crippen molar-refractivity contribution < 1.29 is 36.2 Å². The second-order valence-electron chi connectivity index (χ2n) is 4.41. The molecule has 0 spiro atoms. The minimum Gasteiger partial charge on any atom is -0.497 e. The van der Waals surface area contributed by atoms with Gasteiger partial charge < -0.3 is 14.8 Å². The standard InChI is InChI=1S/C12H10F5NO3/c1-20-8-3-6(2-7(4-8)12(15,16)17)9-11(13,14)5-21-10(19)18-9/h2-4,9H,5H2,1H3,(H,18,19)/t9-/m1/s1. The molecule has 1 aliphatic rings. The Hall–Kier alpha value is -2.06. The number of methoxy groups -OCH3 is 1. The molecule has 1 amide bonds. The summed E-state index contributed by atoms with van der Waals surface area (Å²) in [5.41, 5.74) is -1.56. The Morgan fingerprint density at radius 3 is 2.57 bits per heavy atom. The first-order chi connectivity index (χ1) is 9.63. The SMILES string of the molecule is COc1cc([C@H]2NC(=O)OCC2(F)F)cc(C(F)(F)F)c1. The van der Waals surface area contributed by atoms with Gasteiger partial charge in [0.15, 0.2) is 6.61 Å². The van der Waals surface area contributed by atoms with Gasteiger partial charge in [0.2, 0.25) is 0 Å². The number of nitrogens with one attached hydrogen (secondary N) is 1. The molecule has 1 aliphatic heterocycles. The van der Waals surface area contributed by atoms with E-state index in [1.165, 1.54) is 0 Å². The molecule has 1 heterocycles. The van der Waals surface area contributed by atoms with Gasteiger partial charge in [0.05, 0.1) is 12.7 Å². The first kappa shape index (κ1) is 15.3. The fourth-order valence-corrected chi connectivity index (χ4v) is 1.91. The van der Waals surface area contributed by atoms with E-state index in [2.05, 4.69) is 9.47 Å². The number of benzene rings is 1. The normalized spacial score (nSPS) is 21.4. The fourth-order valence-electron chi connectivity index (χ4n) is 1.91. The van der Waals surface area contributed by atoms with Crippen molar-refractivity contribution in [3.8, 4) is 5.75 Å². The van der Waals surface area contributed by atoms with Gasteiger partial charge in [-0.2, -0.15) is 13.2 Å². The summed E-state index contributed by atoms with van der Waals surface area (Å²) in [5, 5.41) is 1.82. The highest BCUT2D eigenvalue weighted by Gasteiger charge is 2.47. The van der Waals surface area contributed by atoms with Crippen LogP contribution in [0, 0.1) is 0 Å². The molecule has 2 rings (SSSR count). The maximum Gasteiger partial charge on any atom is 0.416 e. The quantitative estimate of drug-likeness (QED) is 0.854. The molecule has 0 saturated carbocycles. The number of alkyl halides is 5. The Kier molecular flexibility index (Phi) is 3.68. The van der Waals surface area contributed by atoms with E-state index in [0.717, 1.165) is 13.2 Å². The van der Waals surface area contributed by atoms with Gasteiger partial charge in [-0.1, -0.05) is 0 Å². The average molecular weight is 311 g/mol. The molecule has 1 aromatic rings. The van der Waals surface area contributed by atoms with E-state index in [1.54, 1.807) is 0 Å². The molecular weight excluding hydrogens is 301 g/mol. The molecule has 0 aliphatic carbocycles. The molecule has 0 bridgehead atoms. The lowest BCUT2D eigenvalue weighted by molar-refractivity contribution is -0.138. The summed E-state index contributed by atoms with van der Waals surface area (Å²) < 4.78 is 74.6. The topological polar surface area (TPSA) is 47.6 Å². The number of carbonyl (C=O) groups is 1. The zero-order valence-corrected chi connectivity index (χ0v) is 10.6. The van der Waals surface area contributed by atoms with Crippen LogP contribution >= 0.6 is 0 Å². The molecule has 1 fully saturated rings. The van der Waals surface area contributed by atoms with E-state index in [1.807, 2.05) is 5.32 Å². The van der Waals surface area contributed by atoms with Crippen LogP contribution in [0.15, 0.2) is 18.2 Å². The van der Waals surface area contributed by atoms with Gasteiger partial charge in [0, 0.05) is 0 Å². The summed E-state index contributed by atoms with van der Waals surface area (Å²) >= 11 is 0. The predicted molar refractivity (Wildman–Crippen MR) is 60.2 cm³/mol. The second-order valence-corrected chi connectivity index (χ2v) is 4.41. The van der Waals surface area contributed by atoms with Gasteiger partial charge in [-0.15, -0.1) is 0 Å². The van der Waals surface area contributed by atoms with Crippen LogP contribution in [0.25, 0.3) is 0 Å². The van der Waals surface area contributed by atoms with Crippen molar-refractivity contribution in [2.24, 2.45) is 0 Å². The number of amides is 1. The Bertz CT molecular complexity index is 558. The third kappa shape index (κ3) is 3.17. The van der Waals surface area contributed by atoms with Crippen molar-refractivity contribution >= 4 is 6.09 Å². The van der Waals surface area contributed by atoms with Crippen LogP contribution in [0.5, 0.6) is 5.75 Å². The minimum atomic E-state index is -4.73. The lowest BCUT2D eigenvalue weighted by atomic mass is 9.97. The molecular formula is C12H10F5NO3. The molecule has 9 heteroatoms. The van der Waals surface area contributed by atoms with Crippen molar-refractivity contribution in [2.45, 2.75) is 18.1 Å². The highest BCUT2D eigenvalue weighted by atomic mass is 19.4. The summed E-state index contributed by atoms with van der Waals surface area (Å²) in [5.74, 6) is -3.78. The van der Waals surface area contributed by atoms with Crippen LogP contribution in [0.2, 0.25) is 0 Å². The van der Waals surface area contributed by atoms with E-state index in [0.29, 0.717) is 12.1 Å². The lowest BCUT2D eigenvalue weighted by Gasteiger charge is -2.32. The molecule has 21 heavy (non-hydrogen) atoms. The maximum atomic E-state index is 13.7. The van der Waals surface area contributed by atoms with Crippen LogP contribution in [0.3, 0.4) is 0 Å². The Balaban J connectivity index is 2.49. The van der Waals surface area contributed by atoms with Crippen molar-refractivity contribution in [2.75, 3.05) is 13.7 Å². The van der Waals surface area contributed by atoms with E-state index in [9.17, 15) is 26.7 Å². The summed E-state index contributed by atoms with van der Waals surface area (Å²) in [6.07, 6.45) is -5.85. The van der Waals surface area contributed by atoms with Crippen LogP contribution in [-0.2, 0) is 10.9 Å². The first-order valence-corrected chi connectivity index (χ1v) is 5.71. The van der Waals surface area contributed by atoms with Crippen LogP contribution < -0.4 is 10.1 Å². The molecule has 0 radical (unpaired) electrons. The number of hydrogen-bond acceptors (Lipinski definition) is 3. The third-order valence-corrected chi connectivity index (χ3v) is 2.91. The smallest absolute Gasteiger partial charge is 0.416 e. The van der Waals surface area contributed by atoms with Crippen LogP contribution in [0.4, 0.5) is 26.7 Å². The van der Waals surface area contributed by atoms with Crippen molar-refractivity contribution in [1.29, 1.82) is 0 Å². The van der Waals surface area contributed by atoms with Gasteiger partial charge in [-0.25, -0.2) is 13.6 Å². The highest BCUT2D eigenvalue weighted by molar-refractivity contribution is 5.69. The molecule has 0 unspecified atom stereocenters. The number of halogens is 5. The second kappa shape index (κ2) is 5.05. The minimum absolute atomic E-state index is 0.239. The van der Waals surface area contributed by atoms with Crippen molar-refractivity contribution in [3.05, 3.63) is 29.3 Å². The van der Waals surface area contributed by atoms with Gasteiger partial charge in [0.25, 0.3) is 0 Å². The number of ether oxygens (including phenoxy) is 2. The monoisotopic (exact) mass is 311 g/mol. The fraction of sp³-hybridized carbons (Fsp3) is 0.417. The zero-order chi connectivity index (χ0) is 15.8. The van der Waals surface area contributed by atoms with Gasteiger partial charge in [-0.05, 0) is 23.8 Å².